The summed E-state index contributed by atoms with van der Waals surface area (Å²) in [5.41, 5.74) is 2.48. The quantitative estimate of drug-likeness (QED) is 0.286. The monoisotopic (exact) mass is 505 g/mol. The molecular formula is C25H31N9OS. The summed E-state index contributed by atoms with van der Waals surface area (Å²) in [5.74, 6) is 1.69. The predicted octanol–water partition coefficient (Wildman–Crippen LogP) is 4.63. The Morgan fingerprint density at radius 2 is 1.86 bits per heavy atom. The molecular weight excluding hydrogens is 474 g/mol. The van der Waals surface area contributed by atoms with E-state index in [0.717, 1.165) is 46.7 Å². The molecule has 5 aromatic rings. The molecule has 10 nitrogen and oxygen atoms in total. The Morgan fingerprint density at radius 1 is 1.03 bits per heavy atom. The van der Waals surface area contributed by atoms with Crippen LogP contribution in [0.5, 0.6) is 5.75 Å². The van der Waals surface area contributed by atoms with Crippen LogP contribution in [0.2, 0.25) is 0 Å². The molecule has 0 unspecified atom stereocenters. The summed E-state index contributed by atoms with van der Waals surface area (Å²) in [6, 6.07) is 12.4. The number of fused-ring (bicyclic) bond motifs is 3. The zero-order valence-corrected chi connectivity index (χ0v) is 22.1. The van der Waals surface area contributed by atoms with Crippen molar-refractivity contribution in [2.24, 2.45) is 0 Å². The fourth-order valence-corrected chi connectivity index (χ4v) is 5.33. The lowest BCUT2D eigenvalue weighted by atomic mass is 10.1. The Kier molecular flexibility index (Phi) is 6.67. The molecule has 1 aromatic carbocycles. The standard InChI is InChI=1S/C25H31N9OS/c1-6-21(24-27-29-31-34(24)25(3,4)5)32(16-20-9-8-12-36-20)15-18-13-17-14-19(35-7-2)10-11-22(17)33-23(18)26-28-30-33/h8-14,21H,6-7,15-16H2,1-5H3/t21-/m0/s1. The van der Waals surface area contributed by atoms with Crippen LogP contribution in [0.4, 0.5) is 0 Å². The molecule has 4 heterocycles. The lowest BCUT2D eigenvalue weighted by molar-refractivity contribution is 0.155. The lowest BCUT2D eigenvalue weighted by Crippen LogP contribution is -2.34. The van der Waals surface area contributed by atoms with Crippen molar-refractivity contribution in [3.63, 3.8) is 0 Å². The maximum absolute atomic E-state index is 5.75. The summed E-state index contributed by atoms with van der Waals surface area (Å²) in [6.07, 6.45) is 0.852. The molecule has 0 aliphatic heterocycles. The highest BCUT2D eigenvalue weighted by atomic mass is 32.1. The van der Waals surface area contributed by atoms with Gasteiger partial charge in [-0.2, -0.15) is 4.52 Å². The second-order valence-electron chi connectivity index (χ2n) is 9.77. The Labute approximate surface area is 213 Å². The number of ether oxygens (including phenoxy) is 1. The van der Waals surface area contributed by atoms with Gasteiger partial charge in [-0.15, -0.1) is 21.5 Å². The average Bonchev–Trinajstić information content (AvgIpc) is 3.61. The molecule has 0 saturated carbocycles. The van der Waals surface area contributed by atoms with Crippen molar-refractivity contribution >= 4 is 27.9 Å². The van der Waals surface area contributed by atoms with Gasteiger partial charge >= 0.3 is 0 Å². The van der Waals surface area contributed by atoms with Crippen LogP contribution in [0.25, 0.3) is 16.6 Å². The van der Waals surface area contributed by atoms with Crippen molar-refractivity contribution in [3.8, 4) is 5.75 Å². The molecule has 5 rings (SSSR count). The second kappa shape index (κ2) is 9.90. The van der Waals surface area contributed by atoms with E-state index in [1.807, 2.05) is 34.3 Å². The molecule has 0 bridgehead atoms. The SMILES string of the molecule is CCOc1ccc2c(c1)cc(CN(Cc1cccs1)[C@@H](CC)c1nnnn1C(C)(C)C)c1nnnn12. The minimum Gasteiger partial charge on any atom is -0.494 e. The molecule has 0 aliphatic carbocycles. The van der Waals surface area contributed by atoms with Gasteiger partial charge in [0.05, 0.1) is 23.7 Å². The summed E-state index contributed by atoms with van der Waals surface area (Å²) in [4.78, 5) is 3.69. The van der Waals surface area contributed by atoms with E-state index in [1.165, 1.54) is 4.88 Å². The average molecular weight is 506 g/mol. The Bertz CT molecular complexity index is 1450. The first-order valence-corrected chi connectivity index (χ1v) is 13.1. The number of nitrogens with zero attached hydrogens (tertiary/aromatic N) is 9. The molecule has 0 amide bonds. The second-order valence-corrected chi connectivity index (χ2v) is 10.8. The molecule has 36 heavy (non-hydrogen) atoms. The van der Waals surface area contributed by atoms with Gasteiger partial charge in [0.2, 0.25) is 0 Å². The van der Waals surface area contributed by atoms with Crippen LogP contribution in [0.15, 0.2) is 41.8 Å². The van der Waals surface area contributed by atoms with E-state index >= 15 is 0 Å². The van der Waals surface area contributed by atoms with Crippen LogP contribution in [0.3, 0.4) is 0 Å². The number of pyridine rings is 1. The van der Waals surface area contributed by atoms with Gasteiger partial charge in [0, 0.05) is 28.9 Å². The molecule has 0 radical (unpaired) electrons. The molecule has 0 spiro atoms. The van der Waals surface area contributed by atoms with Crippen LogP contribution < -0.4 is 4.74 Å². The number of rotatable bonds is 9. The third-order valence-electron chi connectivity index (χ3n) is 6.19. The predicted molar refractivity (Wildman–Crippen MR) is 139 cm³/mol. The van der Waals surface area contributed by atoms with Crippen LogP contribution in [-0.4, -0.2) is 51.8 Å². The van der Waals surface area contributed by atoms with Crippen molar-refractivity contribution in [2.75, 3.05) is 6.61 Å². The summed E-state index contributed by atoms with van der Waals surface area (Å²) < 4.78 is 9.50. The highest BCUT2D eigenvalue weighted by Gasteiger charge is 2.30. The van der Waals surface area contributed by atoms with E-state index in [4.69, 9.17) is 4.74 Å². The van der Waals surface area contributed by atoms with E-state index in [1.54, 1.807) is 11.3 Å². The lowest BCUT2D eigenvalue weighted by Gasteiger charge is -2.32. The summed E-state index contributed by atoms with van der Waals surface area (Å²) in [7, 11) is 0. The molecule has 0 aliphatic rings. The van der Waals surface area contributed by atoms with Gasteiger partial charge in [-0.05, 0) is 90.7 Å². The van der Waals surface area contributed by atoms with Gasteiger partial charge in [-0.25, -0.2) is 4.68 Å². The number of hydrogen-bond donors (Lipinski definition) is 0. The third kappa shape index (κ3) is 4.68. The molecule has 1 atom stereocenters. The molecule has 0 N–H and O–H groups in total. The zero-order chi connectivity index (χ0) is 25.3. The first-order chi connectivity index (χ1) is 17.4. The van der Waals surface area contributed by atoms with Gasteiger partial charge in [0.1, 0.15) is 5.75 Å². The first kappa shape index (κ1) is 24.3. The van der Waals surface area contributed by atoms with Gasteiger partial charge in [0.25, 0.3) is 0 Å². The minimum atomic E-state index is -0.232. The smallest absolute Gasteiger partial charge is 0.184 e. The molecule has 11 heteroatoms. The summed E-state index contributed by atoms with van der Waals surface area (Å²) >= 11 is 1.75. The molecule has 4 aromatic heterocycles. The highest BCUT2D eigenvalue weighted by molar-refractivity contribution is 7.09. The van der Waals surface area contributed by atoms with Crippen LogP contribution in [-0.2, 0) is 18.6 Å². The number of thiophene rings is 1. The minimum absolute atomic E-state index is 0.00251. The fourth-order valence-electron chi connectivity index (χ4n) is 4.60. The Hall–Kier alpha value is -3.44. The van der Waals surface area contributed by atoms with Crippen LogP contribution >= 0.6 is 11.3 Å². The summed E-state index contributed by atoms with van der Waals surface area (Å²) in [5, 5.41) is 28.7. The van der Waals surface area contributed by atoms with Gasteiger partial charge in [0.15, 0.2) is 11.5 Å². The van der Waals surface area contributed by atoms with Crippen molar-refractivity contribution in [1.29, 1.82) is 0 Å². The number of tetrazole rings is 2. The Balaban J connectivity index is 1.60. The van der Waals surface area contributed by atoms with E-state index in [2.05, 4.69) is 87.2 Å². The maximum atomic E-state index is 5.75. The fraction of sp³-hybridized carbons (Fsp3) is 0.440. The van der Waals surface area contributed by atoms with Crippen molar-refractivity contribution in [1.82, 2.24) is 45.1 Å². The maximum Gasteiger partial charge on any atom is 0.184 e. The summed E-state index contributed by atoms with van der Waals surface area (Å²) in [6.45, 7) is 12.5. The van der Waals surface area contributed by atoms with E-state index in [0.29, 0.717) is 13.2 Å². The number of aromatic nitrogens is 8. The molecule has 0 fully saturated rings. The normalized spacial score (nSPS) is 13.2. The van der Waals surface area contributed by atoms with Gasteiger partial charge in [-0.1, -0.05) is 13.0 Å². The zero-order valence-electron chi connectivity index (χ0n) is 21.3. The van der Waals surface area contributed by atoms with Crippen molar-refractivity contribution < 1.29 is 4.74 Å². The number of benzene rings is 1. The molecule has 0 saturated heterocycles. The van der Waals surface area contributed by atoms with Crippen LogP contribution in [0, 0.1) is 0 Å². The van der Waals surface area contributed by atoms with E-state index < -0.39 is 0 Å². The van der Waals surface area contributed by atoms with Gasteiger partial charge in [-0.3, -0.25) is 4.90 Å². The third-order valence-corrected chi connectivity index (χ3v) is 7.05. The van der Waals surface area contributed by atoms with E-state index in [-0.39, 0.29) is 11.6 Å². The Morgan fingerprint density at radius 3 is 2.58 bits per heavy atom. The molecule has 188 valence electrons. The van der Waals surface area contributed by atoms with Crippen LogP contribution in [0.1, 0.15) is 63.3 Å². The highest BCUT2D eigenvalue weighted by Crippen LogP contribution is 2.32. The number of hydrogen-bond acceptors (Lipinski definition) is 9. The van der Waals surface area contributed by atoms with Crippen molar-refractivity contribution in [3.05, 3.63) is 58.0 Å². The topological polar surface area (TPSA) is 99.2 Å². The van der Waals surface area contributed by atoms with Crippen molar-refractivity contribution in [2.45, 2.75) is 65.7 Å². The first-order valence-electron chi connectivity index (χ1n) is 12.2. The largest absolute Gasteiger partial charge is 0.494 e. The van der Waals surface area contributed by atoms with E-state index in [9.17, 15) is 0 Å². The van der Waals surface area contributed by atoms with Gasteiger partial charge < -0.3 is 4.74 Å².